The van der Waals surface area contributed by atoms with Crippen LogP contribution in [-0.4, -0.2) is 4.98 Å². The van der Waals surface area contributed by atoms with Gasteiger partial charge >= 0.3 is 0 Å². The Balaban J connectivity index is 1.07. The van der Waals surface area contributed by atoms with Gasteiger partial charge in [0.25, 0.3) is 0 Å². The van der Waals surface area contributed by atoms with Crippen LogP contribution in [-0.2, 0) is 5.41 Å². The van der Waals surface area contributed by atoms with Gasteiger partial charge in [0.1, 0.15) is 0 Å². The van der Waals surface area contributed by atoms with Crippen LogP contribution in [0.15, 0.2) is 176 Å². The average Bonchev–Trinajstić information content (AvgIpc) is 3.86. The summed E-state index contributed by atoms with van der Waals surface area (Å²) in [5, 5.41) is 5.08. The lowest BCUT2D eigenvalue weighted by Crippen LogP contribution is -2.16. The normalized spacial score (nSPS) is 13.1. The second-order valence-electron chi connectivity index (χ2n) is 15.0. The second-order valence-corrected chi connectivity index (χ2v) is 16.1. The van der Waals surface area contributed by atoms with E-state index in [1.165, 1.54) is 81.0 Å². The van der Waals surface area contributed by atoms with Crippen molar-refractivity contribution in [2.45, 2.75) is 19.3 Å². The third-order valence-electron chi connectivity index (χ3n) is 11.6. The molecule has 2 heterocycles. The van der Waals surface area contributed by atoms with Crippen LogP contribution < -0.4 is 4.90 Å². The van der Waals surface area contributed by atoms with Gasteiger partial charge in [0, 0.05) is 64.5 Å². The molecule has 2 aromatic heterocycles. The molecule has 0 saturated carbocycles. The predicted molar refractivity (Wildman–Crippen MR) is 232 cm³/mol. The summed E-state index contributed by atoms with van der Waals surface area (Å²) in [6, 6.07) is 64.8. The number of rotatable bonds is 5. The first kappa shape index (κ1) is 31.1. The van der Waals surface area contributed by atoms with Crippen LogP contribution in [0.3, 0.4) is 0 Å². The molecule has 1 aliphatic rings. The van der Waals surface area contributed by atoms with Gasteiger partial charge in [-0.05, 0) is 99.6 Å². The highest BCUT2D eigenvalue weighted by atomic mass is 32.1. The molecule has 0 amide bonds. The zero-order valence-electron chi connectivity index (χ0n) is 30.1. The number of fused-ring (bicyclic) bond motifs is 9. The molecular weight excluding hydrogens is 673 g/mol. The van der Waals surface area contributed by atoms with Crippen molar-refractivity contribution in [3.05, 3.63) is 187 Å². The van der Waals surface area contributed by atoms with Crippen molar-refractivity contribution in [2.75, 3.05) is 4.90 Å². The van der Waals surface area contributed by atoms with E-state index >= 15 is 0 Å². The van der Waals surface area contributed by atoms with Crippen LogP contribution in [0.5, 0.6) is 0 Å². The molecule has 0 saturated heterocycles. The van der Waals surface area contributed by atoms with Crippen molar-refractivity contribution in [3.8, 4) is 33.4 Å². The summed E-state index contributed by atoms with van der Waals surface area (Å²) < 4.78 is 2.65. The molecule has 0 aliphatic heterocycles. The summed E-state index contributed by atoms with van der Waals surface area (Å²) in [6.07, 6.45) is 0. The van der Waals surface area contributed by atoms with E-state index in [9.17, 15) is 0 Å². The zero-order valence-corrected chi connectivity index (χ0v) is 30.9. The second kappa shape index (κ2) is 11.8. The number of anilines is 3. The lowest BCUT2D eigenvalue weighted by molar-refractivity contribution is 0.660. The topological polar surface area (TPSA) is 19.0 Å². The maximum atomic E-state index is 3.83. The quantitative estimate of drug-likeness (QED) is 0.189. The van der Waals surface area contributed by atoms with Crippen LogP contribution in [0.1, 0.15) is 25.0 Å². The van der Waals surface area contributed by atoms with Crippen molar-refractivity contribution < 1.29 is 0 Å². The number of H-pyrrole nitrogens is 1. The molecule has 3 heteroatoms. The summed E-state index contributed by atoms with van der Waals surface area (Å²) in [6.45, 7) is 4.71. The SMILES string of the molecule is CC1(C)c2ccccc2-c2ccc(N(c3ccc(-c4ccccc4)cc3)c3ccc4[nH]c5c(-c6ccc7sc8ccccc8c7c6)cccc5c4c3)cc21. The van der Waals surface area contributed by atoms with Gasteiger partial charge in [0.15, 0.2) is 0 Å². The average molecular weight is 709 g/mol. The third-order valence-corrected chi connectivity index (χ3v) is 12.8. The molecule has 256 valence electrons. The summed E-state index contributed by atoms with van der Waals surface area (Å²) in [4.78, 5) is 6.26. The number of aromatic nitrogens is 1. The molecule has 0 unspecified atom stereocenters. The maximum Gasteiger partial charge on any atom is 0.0544 e. The Hall–Kier alpha value is -6.42. The van der Waals surface area contributed by atoms with Gasteiger partial charge in [-0.25, -0.2) is 0 Å². The molecule has 1 aliphatic carbocycles. The van der Waals surface area contributed by atoms with Crippen LogP contribution in [0.2, 0.25) is 0 Å². The standard InChI is InChI=1S/C51H36N2S/c1-51(2)45-17-8-6-13-39(45)40-26-24-37(31-46(40)51)53(35-22-19-33(20-23-35)32-11-4-3-5-12-32)36-25-27-47-43(30-36)42-16-10-15-38(50(42)52-47)34-21-28-49-44(29-34)41-14-7-9-18-48(41)54-49/h3-31,52H,1-2H3. The smallest absolute Gasteiger partial charge is 0.0544 e. The van der Waals surface area contributed by atoms with E-state index in [4.69, 9.17) is 0 Å². The van der Waals surface area contributed by atoms with Gasteiger partial charge in [-0.1, -0.05) is 129 Å². The minimum absolute atomic E-state index is 0.0969. The number of aromatic amines is 1. The Kier molecular flexibility index (Phi) is 6.80. The van der Waals surface area contributed by atoms with E-state index in [1.54, 1.807) is 0 Å². The number of nitrogens with zero attached hydrogens (tertiary/aromatic N) is 1. The van der Waals surface area contributed by atoms with E-state index in [0.29, 0.717) is 0 Å². The minimum atomic E-state index is -0.0969. The van der Waals surface area contributed by atoms with E-state index in [-0.39, 0.29) is 5.41 Å². The fraction of sp³-hybridized carbons (Fsp3) is 0.0588. The highest BCUT2D eigenvalue weighted by Crippen LogP contribution is 2.51. The number of thiophene rings is 1. The largest absolute Gasteiger partial charge is 0.354 e. The summed E-state index contributed by atoms with van der Waals surface area (Å²) in [5.74, 6) is 0. The van der Waals surface area contributed by atoms with E-state index in [1.807, 2.05) is 11.3 Å². The Morgan fingerprint density at radius 3 is 1.96 bits per heavy atom. The minimum Gasteiger partial charge on any atom is -0.354 e. The molecule has 0 spiro atoms. The van der Waals surface area contributed by atoms with Crippen molar-refractivity contribution in [2.24, 2.45) is 0 Å². The fourth-order valence-electron chi connectivity index (χ4n) is 8.90. The number of hydrogen-bond donors (Lipinski definition) is 1. The lowest BCUT2D eigenvalue weighted by atomic mass is 9.82. The monoisotopic (exact) mass is 708 g/mol. The first-order chi connectivity index (χ1) is 26.5. The Labute approximate surface area is 318 Å². The van der Waals surface area contributed by atoms with Crippen LogP contribution in [0, 0.1) is 0 Å². The molecule has 11 rings (SSSR count). The van der Waals surface area contributed by atoms with Gasteiger partial charge in [0.2, 0.25) is 0 Å². The van der Waals surface area contributed by atoms with Crippen LogP contribution >= 0.6 is 11.3 Å². The summed E-state index contributed by atoms with van der Waals surface area (Å²) >= 11 is 1.86. The third kappa shape index (κ3) is 4.72. The Morgan fingerprint density at radius 1 is 0.426 bits per heavy atom. The van der Waals surface area contributed by atoms with Gasteiger partial charge < -0.3 is 9.88 Å². The number of nitrogens with one attached hydrogen (secondary N) is 1. The predicted octanol–water partition coefficient (Wildman–Crippen LogP) is 14.8. The highest BCUT2D eigenvalue weighted by Gasteiger charge is 2.35. The molecule has 0 bridgehead atoms. The van der Waals surface area contributed by atoms with Crippen molar-refractivity contribution in [3.63, 3.8) is 0 Å². The van der Waals surface area contributed by atoms with Gasteiger partial charge in [-0.3, -0.25) is 0 Å². The zero-order chi connectivity index (χ0) is 36.0. The number of benzene rings is 8. The van der Waals surface area contributed by atoms with Gasteiger partial charge in [-0.15, -0.1) is 11.3 Å². The van der Waals surface area contributed by atoms with Crippen molar-refractivity contribution >= 4 is 70.4 Å². The fourth-order valence-corrected chi connectivity index (χ4v) is 9.98. The molecule has 0 radical (unpaired) electrons. The van der Waals surface area contributed by atoms with Crippen molar-refractivity contribution in [1.29, 1.82) is 0 Å². The number of hydrogen-bond acceptors (Lipinski definition) is 2. The molecule has 1 N–H and O–H groups in total. The van der Waals surface area contributed by atoms with Crippen molar-refractivity contribution in [1.82, 2.24) is 4.98 Å². The first-order valence-corrected chi connectivity index (χ1v) is 19.5. The molecule has 2 nitrogen and oxygen atoms in total. The maximum absolute atomic E-state index is 3.83. The summed E-state index contributed by atoms with van der Waals surface area (Å²) in [7, 11) is 0. The molecule has 10 aromatic rings. The van der Waals surface area contributed by atoms with Crippen LogP contribution in [0.4, 0.5) is 17.1 Å². The molecule has 0 atom stereocenters. The van der Waals surface area contributed by atoms with Crippen LogP contribution in [0.25, 0.3) is 75.4 Å². The van der Waals surface area contributed by atoms with Gasteiger partial charge in [-0.2, -0.15) is 0 Å². The molecule has 8 aromatic carbocycles. The summed E-state index contributed by atoms with van der Waals surface area (Å²) in [5.41, 5.74) is 15.9. The van der Waals surface area contributed by atoms with E-state index in [2.05, 4.69) is 200 Å². The molecular formula is C51H36N2S. The molecule has 0 fully saturated rings. The van der Waals surface area contributed by atoms with Gasteiger partial charge in [0.05, 0.1) is 5.52 Å². The molecule has 54 heavy (non-hydrogen) atoms. The Bertz CT molecular complexity index is 3070. The van der Waals surface area contributed by atoms with E-state index < -0.39 is 0 Å². The lowest BCUT2D eigenvalue weighted by Gasteiger charge is -2.28. The Morgan fingerprint density at radius 2 is 1.07 bits per heavy atom. The first-order valence-electron chi connectivity index (χ1n) is 18.7. The van der Waals surface area contributed by atoms with E-state index in [0.717, 1.165) is 22.6 Å². The highest BCUT2D eigenvalue weighted by molar-refractivity contribution is 7.25. The number of para-hydroxylation sites is 1.